The van der Waals surface area contributed by atoms with E-state index in [1.807, 2.05) is 5.38 Å². The van der Waals surface area contributed by atoms with Crippen LogP contribution >= 0.6 is 11.3 Å². The molecule has 1 aliphatic rings. The van der Waals surface area contributed by atoms with Gasteiger partial charge in [-0.15, -0.1) is 0 Å². The van der Waals surface area contributed by atoms with Gasteiger partial charge < -0.3 is 10.6 Å². The van der Waals surface area contributed by atoms with Crippen molar-refractivity contribution in [3.8, 4) is 0 Å². The molecule has 0 bridgehead atoms. The lowest BCUT2D eigenvalue weighted by molar-refractivity contribution is -0.121. The molecule has 0 unspecified atom stereocenters. The van der Waals surface area contributed by atoms with E-state index in [0.29, 0.717) is 11.6 Å². The fourth-order valence-corrected chi connectivity index (χ4v) is 2.82. The summed E-state index contributed by atoms with van der Waals surface area (Å²) in [5, 5.41) is 9.22. The number of carbonyl (C=O) groups excluding carboxylic acids is 2. The van der Waals surface area contributed by atoms with E-state index in [0.717, 1.165) is 12.8 Å². The standard InChI is InChI=1S/C13H18N2O2S/c16-12(15-11-4-2-1-3-5-11)8-14-13(17)10-6-7-18-9-10/h6-7,9,11H,1-5,8H2,(H,14,17)(H,15,16). The van der Waals surface area contributed by atoms with Crippen molar-refractivity contribution in [2.75, 3.05) is 6.54 Å². The largest absolute Gasteiger partial charge is 0.352 e. The maximum atomic E-state index is 11.7. The predicted molar refractivity (Wildman–Crippen MR) is 71.7 cm³/mol. The minimum atomic E-state index is -0.185. The molecule has 1 aliphatic carbocycles. The molecule has 98 valence electrons. The number of thiophene rings is 1. The van der Waals surface area contributed by atoms with Crippen LogP contribution in [0.3, 0.4) is 0 Å². The number of hydrogen-bond donors (Lipinski definition) is 2. The first-order valence-electron chi connectivity index (χ1n) is 6.35. The van der Waals surface area contributed by atoms with E-state index in [1.54, 1.807) is 11.4 Å². The van der Waals surface area contributed by atoms with Crippen LogP contribution < -0.4 is 10.6 Å². The van der Waals surface area contributed by atoms with E-state index in [2.05, 4.69) is 10.6 Å². The highest BCUT2D eigenvalue weighted by molar-refractivity contribution is 7.08. The molecule has 1 heterocycles. The summed E-state index contributed by atoms with van der Waals surface area (Å²) >= 11 is 1.47. The van der Waals surface area contributed by atoms with E-state index < -0.39 is 0 Å². The maximum Gasteiger partial charge on any atom is 0.252 e. The first kappa shape index (κ1) is 13.1. The summed E-state index contributed by atoms with van der Waals surface area (Å²) in [6.07, 6.45) is 5.76. The van der Waals surface area contributed by atoms with Crippen LogP contribution in [0.5, 0.6) is 0 Å². The average molecular weight is 266 g/mol. The fraction of sp³-hybridized carbons (Fsp3) is 0.538. The van der Waals surface area contributed by atoms with Gasteiger partial charge in [-0.1, -0.05) is 19.3 Å². The van der Waals surface area contributed by atoms with Gasteiger partial charge in [0.15, 0.2) is 0 Å². The third kappa shape index (κ3) is 3.84. The highest BCUT2D eigenvalue weighted by atomic mass is 32.1. The minimum Gasteiger partial charge on any atom is -0.352 e. The molecule has 1 aromatic rings. The van der Waals surface area contributed by atoms with Gasteiger partial charge in [-0.05, 0) is 24.3 Å². The summed E-state index contributed by atoms with van der Waals surface area (Å²) in [4.78, 5) is 23.3. The number of rotatable bonds is 4. The van der Waals surface area contributed by atoms with E-state index >= 15 is 0 Å². The van der Waals surface area contributed by atoms with Gasteiger partial charge in [0.1, 0.15) is 0 Å². The summed E-state index contributed by atoms with van der Waals surface area (Å²) < 4.78 is 0. The van der Waals surface area contributed by atoms with Crippen molar-refractivity contribution in [1.29, 1.82) is 0 Å². The average Bonchev–Trinajstić information content (AvgIpc) is 2.91. The molecule has 0 atom stereocenters. The van der Waals surface area contributed by atoms with Gasteiger partial charge in [-0.3, -0.25) is 9.59 Å². The van der Waals surface area contributed by atoms with E-state index in [-0.39, 0.29) is 18.4 Å². The molecule has 2 rings (SSSR count). The molecule has 1 fully saturated rings. The smallest absolute Gasteiger partial charge is 0.252 e. The van der Waals surface area contributed by atoms with Gasteiger partial charge in [0.2, 0.25) is 5.91 Å². The monoisotopic (exact) mass is 266 g/mol. The summed E-state index contributed by atoms with van der Waals surface area (Å²) in [6.45, 7) is 0.0607. The Labute approximate surface area is 111 Å². The second-order valence-corrected chi connectivity index (χ2v) is 5.38. The van der Waals surface area contributed by atoms with Crippen LogP contribution in [0.25, 0.3) is 0 Å². The first-order valence-corrected chi connectivity index (χ1v) is 7.30. The Balaban J connectivity index is 1.69. The van der Waals surface area contributed by atoms with Gasteiger partial charge >= 0.3 is 0 Å². The van der Waals surface area contributed by atoms with Crippen LogP contribution in [0.2, 0.25) is 0 Å². The number of nitrogens with one attached hydrogen (secondary N) is 2. The van der Waals surface area contributed by atoms with Crippen LogP contribution in [0.4, 0.5) is 0 Å². The molecular formula is C13H18N2O2S. The van der Waals surface area contributed by atoms with Crippen LogP contribution in [-0.2, 0) is 4.79 Å². The molecule has 4 nitrogen and oxygen atoms in total. The summed E-state index contributed by atoms with van der Waals surface area (Å²) in [6, 6.07) is 2.04. The summed E-state index contributed by atoms with van der Waals surface area (Å²) in [7, 11) is 0. The van der Waals surface area contributed by atoms with E-state index in [1.165, 1.54) is 30.6 Å². The molecule has 0 aromatic carbocycles. The number of hydrogen-bond acceptors (Lipinski definition) is 3. The fourth-order valence-electron chi connectivity index (χ4n) is 2.18. The lowest BCUT2D eigenvalue weighted by atomic mass is 9.95. The zero-order valence-corrected chi connectivity index (χ0v) is 11.1. The number of amides is 2. The van der Waals surface area contributed by atoms with Crippen molar-refractivity contribution in [2.45, 2.75) is 38.1 Å². The highest BCUT2D eigenvalue weighted by Gasteiger charge is 2.16. The zero-order valence-electron chi connectivity index (χ0n) is 10.3. The van der Waals surface area contributed by atoms with Crippen LogP contribution in [0.1, 0.15) is 42.5 Å². The Bertz CT molecular complexity index is 397. The molecule has 5 heteroatoms. The first-order chi connectivity index (χ1) is 8.75. The van der Waals surface area contributed by atoms with Crippen molar-refractivity contribution >= 4 is 23.2 Å². The van der Waals surface area contributed by atoms with Crippen molar-refractivity contribution in [3.05, 3.63) is 22.4 Å². The molecule has 18 heavy (non-hydrogen) atoms. The molecule has 0 aliphatic heterocycles. The Morgan fingerprint density at radius 2 is 2.06 bits per heavy atom. The normalized spacial score (nSPS) is 16.2. The molecule has 1 saturated carbocycles. The minimum absolute atomic E-state index is 0.0607. The number of carbonyl (C=O) groups is 2. The maximum absolute atomic E-state index is 11.7. The van der Waals surface area contributed by atoms with Gasteiger partial charge in [-0.25, -0.2) is 0 Å². The summed E-state index contributed by atoms with van der Waals surface area (Å²) in [5.74, 6) is -0.277. The molecule has 2 N–H and O–H groups in total. The van der Waals surface area contributed by atoms with Crippen LogP contribution in [0.15, 0.2) is 16.8 Å². The highest BCUT2D eigenvalue weighted by Crippen LogP contribution is 2.17. The quantitative estimate of drug-likeness (QED) is 0.875. The van der Waals surface area contributed by atoms with Crippen LogP contribution in [0, 0.1) is 0 Å². The van der Waals surface area contributed by atoms with Crippen molar-refractivity contribution in [1.82, 2.24) is 10.6 Å². The second-order valence-electron chi connectivity index (χ2n) is 4.60. The Hall–Kier alpha value is -1.36. The van der Waals surface area contributed by atoms with Gasteiger partial charge in [0.05, 0.1) is 6.54 Å². The molecule has 0 saturated heterocycles. The third-order valence-corrected chi connectivity index (χ3v) is 3.85. The molecule has 2 amide bonds. The SMILES string of the molecule is O=C(CNC(=O)c1ccsc1)NC1CCCCC1. The van der Waals surface area contributed by atoms with Gasteiger partial charge in [0, 0.05) is 17.0 Å². The van der Waals surface area contributed by atoms with E-state index in [9.17, 15) is 9.59 Å². The lowest BCUT2D eigenvalue weighted by Gasteiger charge is -2.22. The summed E-state index contributed by atoms with van der Waals surface area (Å²) in [5.41, 5.74) is 0.616. The molecule has 0 radical (unpaired) electrons. The van der Waals surface area contributed by atoms with Crippen molar-refractivity contribution < 1.29 is 9.59 Å². The van der Waals surface area contributed by atoms with Crippen molar-refractivity contribution in [2.24, 2.45) is 0 Å². The van der Waals surface area contributed by atoms with Gasteiger partial charge in [0.25, 0.3) is 5.91 Å². The predicted octanol–water partition coefficient (Wildman–Crippen LogP) is 1.93. The van der Waals surface area contributed by atoms with E-state index in [4.69, 9.17) is 0 Å². The van der Waals surface area contributed by atoms with Crippen LogP contribution in [-0.4, -0.2) is 24.4 Å². The Morgan fingerprint density at radius 1 is 1.28 bits per heavy atom. The third-order valence-electron chi connectivity index (χ3n) is 3.16. The second kappa shape index (κ2) is 6.54. The molecular weight excluding hydrogens is 248 g/mol. The zero-order chi connectivity index (χ0) is 12.8. The molecule has 0 spiro atoms. The van der Waals surface area contributed by atoms with Crippen molar-refractivity contribution in [3.63, 3.8) is 0 Å². The Morgan fingerprint density at radius 3 is 2.72 bits per heavy atom. The topological polar surface area (TPSA) is 58.2 Å². The Kier molecular flexibility index (Phi) is 4.75. The van der Waals surface area contributed by atoms with Gasteiger partial charge in [-0.2, -0.15) is 11.3 Å². The lowest BCUT2D eigenvalue weighted by Crippen LogP contribution is -2.42. The molecule has 1 aromatic heterocycles.